The summed E-state index contributed by atoms with van der Waals surface area (Å²) in [6.07, 6.45) is 4.46. The average molecular weight is 224 g/mol. The van der Waals surface area contributed by atoms with Crippen molar-refractivity contribution in [3.8, 4) is 0 Å². The number of piperidine rings is 2. The molecule has 16 heavy (non-hydrogen) atoms. The summed E-state index contributed by atoms with van der Waals surface area (Å²) >= 11 is 0. The first-order chi connectivity index (χ1) is 7.62. The van der Waals surface area contributed by atoms with Gasteiger partial charge in [0.25, 0.3) is 0 Å². The highest BCUT2D eigenvalue weighted by atomic mass is 16.2. The first-order valence-electron chi connectivity index (χ1n) is 6.62. The number of hydrogen-bond acceptors (Lipinski definition) is 2. The van der Waals surface area contributed by atoms with Crippen molar-refractivity contribution >= 4 is 5.91 Å². The summed E-state index contributed by atoms with van der Waals surface area (Å²) in [7, 11) is 0. The predicted octanol–water partition coefficient (Wildman–Crippen LogP) is 1.63. The fourth-order valence-electron chi connectivity index (χ4n) is 2.95. The molecule has 2 aliphatic rings. The maximum Gasteiger partial charge on any atom is 0.228 e. The molecule has 2 fully saturated rings. The second-order valence-electron chi connectivity index (χ2n) is 5.81. The van der Waals surface area contributed by atoms with Crippen LogP contribution >= 0.6 is 0 Å². The Hall–Kier alpha value is -0.570. The summed E-state index contributed by atoms with van der Waals surface area (Å²) in [5.41, 5.74) is -0.0949. The van der Waals surface area contributed by atoms with Gasteiger partial charge >= 0.3 is 0 Å². The van der Waals surface area contributed by atoms with Gasteiger partial charge in [-0.1, -0.05) is 13.8 Å². The minimum atomic E-state index is -0.0949. The van der Waals surface area contributed by atoms with Crippen molar-refractivity contribution < 1.29 is 4.79 Å². The lowest BCUT2D eigenvalue weighted by molar-refractivity contribution is -0.144. The minimum Gasteiger partial charge on any atom is -0.342 e. The Morgan fingerprint density at radius 2 is 2.06 bits per heavy atom. The van der Waals surface area contributed by atoms with Crippen molar-refractivity contribution in [1.82, 2.24) is 10.2 Å². The molecule has 0 aromatic rings. The minimum absolute atomic E-state index is 0.0949. The lowest BCUT2D eigenvalue weighted by Gasteiger charge is -2.40. The van der Waals surface area contributed by atoms with Gasteiger partial charge in [-0.2, -0.15) is 0 Å². The lowest BCUT2D eigenvalue weighted by atomic mass is 9.79. The van der Waals surface area contributed by atoms with Gasteiger partial charge in [-0.3, -0.25) is 4.79 Å². The molecule has 0 aromatic carbocycles. The van der Waals surface area contributed by atoms with E-state index >= 15 is 0 Å². The van der Waals surface area contributed by atoms with Crippen LogP contribution in [0, 0.1) is 11.3 Å². The smallest absolute Gasteiger partial charge is 0.228 e. The summed E-state index contributed by atoms with van der Waals surface area (Å²) in [6.45, 7) is 8.34. The Morgan fingerprint density at radius 1 is 1.38 bits per heavy atom. The van der Waals surface area contributed by atoms with Crippen LogP contribution in [0.2, 0.25) is 0 Å². The van der Waals surface area contributed by atoms with E-state index < -0.39 is 0 Å². The van der Waals surface area contributed by atoms with E-state index in [0.717, 1.165) is 39.0 Å². The van der Waals surface area contributed by atoms with Gasteiger partial charge in [-0.25, -0.2) is 0 Å². The monoisotopic (exact) mass is 224 g/mol. The number of carbonyl (C=O) groups is 1. The molecule has 0 bridgehead atoms. The number of nitrogens with one attached hydrogen (secondary N) is 1. The highest BCUT2D eigenvalue weighted by Gasteiger charge is 2.38. The summed E-state index contributed by atoms with van der Waals surface area (Å²) in [5, 5.41) is 3.34. The molecule has 3 nitrogen and oxygen atoms in total. The van der Waals surface area contributed by atoms with E-state index in [2.05, 4.69) is 24.1 Å². The molecule has 0 radical (unpaired) electrons. The van der Waals surface area contributed by atoms with Crippen LogP contribution in [-0.4, -0.2) is 37.0 Å². The number of likely N-dealkylation sites (tertiary alicyclic amines) is 1. The third kappa shape index (κ3) is 2.40. The Kier molecular flexibility index (Phi) is 3.53. The normalized spacial score (nSPS) is 30.1. The Labute approximate surface area is 98.6 Å². The number of rotatable bonds is 1. The molecule has 0 spiro atoms. The van der Waals surface area contributed by atoms with Gasteiger partial charge in [0.15, 0.2) is 0 Å². The second-order valence-corrected chi connectivity index (χ2v) is 5.81. The summed E-state index contributed by atoms with van der Waals surface area (Å²) in [5.74, 6) is 1.09. The van der Waals surface area contributed by atoms with Crippen LogP contribution in [0.5, 0.6) is 0 Å². The molecule has 3 heteroatoms. The molecule has 2 rings (SSSR count). The largest absolute Gasteiger partial charge is 0.342 e. The highest BCUT2D eigenvalue weighted by molar-refractivity contribution is 5.82. The number of hydrogen-bond donors (Lipinski definition) is 1. The molecule has 2 saturated heterocycles. The predicted molar refractivity (Wildman–Crippen MR) is 65.2 cm³/mol. The van der Waals surface area contributed by atoms with E-state index in [1.165, 1.54) is 12.8 Å². The van der Waals surface area contributed by atoms with Gasteiger partial charge in [0.2, 0.25) is 5.91 Å². The van der Waals surface area contributed by atoms with E-state index in [0.29, 0.717) is 11.8 Å². The maximum absolute atomic E-state index is 12.5. The zero-order valence-corrected chi connectivity index (χ0v) is 10.6. The van der Waals surface area contributed by atoms with Crippen LogP contribution in [0.25, 0.3) is 0 Å². The number of carbonyl (C=O) groups excluding carboxylic acids is 1. The second kappa shape index (κ2) is 4.74. The van der Waals surface area contributed by atoms with Gasteiger partial charge in [0.05, 0.1) is 0 Å². The fraction of sp³-hybridized carbons (Fsp3) is 0.923. The molecule has 1 atom stereocenters. The summed E-state index contributed by atoms with van der Waals surface area (Å²) < 4.78 is 0. The van der Waals surface area contributed by atoms with Crippen molar-refractivity contribution in [3.63, 3.8) is 0 Å². The zero-order chi connectivity index (χ0) is 11.6. The van der Waals surface area contributed by atoms with Crippen molar-refractivity contribution in [2.75, 3.05) is 26.2 Å². The van der Waals surface area contributed by atoms with Crippen molar-refractivity contribution in [1.29, 1.82) is 0 Å². The Balaban J connectivity index is 1.99. The van der Waals surface area contributed by atoms with E-state index in [9.17, 15) is 4.79 Å². The fourth-order valence-corrected chi connectivity index (χ4v) is 2.95. The van der Waals surface area contributed by atoms with E-state index in [-0.39, 0.29) is 5.41 Å². The third-order valence-corrected chi connectivity index (χ3v) is 4.17. The van der Waals surface area contributed by atoms with Crippen LogP contribution in [0.1, 0.15) is 39.5 Å². The lowest BCUT2D eigenvalue weighted by Crippen LogP contribution is -2.50. The molecule has 1 amide bonds. The number of amides is 1. The van der Waals surface area contributed by atoms with E-state index in [4.69, 9.17) is 0 Å². The Bertz CT molecular complexity index is 259. The SMILES string of the molecule is CC1CCCN(C(=O)C2(C)CCNCC2)C1. The standard InChI is InChI=1S/C13H24N2O/c1-11-4-3-9-15(10-11)12(16)13(2)5-7-14-8-6-13/h11,14H,3-10H2,1-2H3. The van der Waals surface area contributed by atoms with Gasteiger partial charge in [-0.15, -0.1) is 0 Å². The zero-order valence-electron chi connectivity index (χ0n) is 10.6. The van der Waals surface area contributed by atoms with E-state index in [1.807, 2.05) is 0 Å². The van der Waals surface area contributed by atoms with Crippen LogP contribution in [0.15, 0.2) is 0 Å². The molecule has 1 unspecified atom stereocenters. The molecule has 0 aromatic heterocycles. The van der Waals surface area contributed by atoms with Crippen LogP contribution in [-0.2, 0) is 4.79 Å². The maximum atomic E-state index is 12.5. The molecule has 0 aliphatic carbocycles. The Morgan fingerprint density at radius 3 is 2.69 bits per heavy atom. The quantitative estimate of drug-likeness (QED) is 0.734. The van der Waals surface area contributed by atoms with Crippen LogP contribution in [0.3, 0.4) is 0 Å². The van der Waals surface area contributed by atoms with Gasteiger partial charge in [0, 0.05) is 18.5 Å². The molecular weight excluding hydrogens is 200 g/mol. The van der Waals surface area contributed by atoms with E-state index in [1.54, 1.807) is 0 Å². The first kappa shape index (κ1) is 11.9. The van der Waals surface area contributed by atoms with Gasteiger partial charge in [0.1, 0.15) is 0 Å². The summed E-state index contributed by atoms with van der Waals surface area (Å²) in [4.78, 5) is 14.6. The highest BCUT2D eigenvalue weighted by Crippen LogP contribution is 2.32. The van der Waals surface area contributed by atoms with Gasteiger partial charge < -0.3 is 10.2 Å². The summed E-state index contributed by atoms with van der Waals surface area (Å²) in [6, 6.07) is 0. The van der Waals surface area contributed by atoms with Crippen molar-refractivity contribution in [2.24, 2.45) is 11.3 Å². The molecule has 1 N–H and O–H groups in total. The third-order valence-electron chi connectivity index (χ3n) is 4.17. The van der Waals surface area contributed by atoms with Crippen molar-refractivity contribution in [3.05, 3.63) is 0 Å². The molecule has 2 aliphatic heterocycles. The molecular formula is C13H24N2O. The van der Waals surface area contributed by atoms with Crippen LogP contribution in [0.4, 0.5) is 0 Å². The molecule has 0 saturated carbocycles. The van der Waals surface area contributed by atoms with Crippen LogP contribution < -0.4 is 5.32 Å². The topological polar surface area (TPSA) is 32.3 Å². The number of nitrogens with zero attached hydrogens (tertiary/aromatic N) is 1. The average Bonchev–Trinajstić information content (AvgIpc) is 2.29. The van der Waals surface area contributed by atoms with Crippen molar-refractivity contribution in [2.45, 2.75) is 39.5 Å². The molecule has 2 heterocycles. The first-order valence-corrected chi connectivity index (χ1v) is 6.62. The van der Waals surface area contributed by atoms with Gasteiger partial charge in [-0.05, 0) is 44.7 Å². The molecule has 92 valence electrons.